The molecule has 1 fully saturated rings. The summed E-state index contributed by atoms with van der Waals surface area (Å²) in [7, 11) is 0. The van der Waals surface area contributed by atoms with Crippen LogP contribution in [0.25, 0.3) is 10.9 Å². The van der Waals surface area contributed by atoms with Gasteiger partial charge in [-0.25, -0.2) is 4.98 Å². The molecule has 1 aromatic carbocycles. The lowest BCUT2D eigenvalue weighted by atomic mass is 9.86. The molecular formula is C24H27F3N4O3. The lowest BCUT2D eigenvalue weighted by Crippen LogP contribution is -2.23. The van der Waals surface area contributed by atoms with Gasteiger partial charge in [-0.1, -0.05) is 6.07 Å². The van der Waals surface area contributed by atoms with E-state index in [0.717, 1.165) is 48.7 Å². The van der Waals surface area contributed by atoms with E-state index in [4.69, 9.17) is 0 Å². The molecule has 0 spiro atoms. The average Bonchev–Trinajstić information content (AvgIpc) is 3.20. The van der Waals surface area contributed by atoms with Gasteiger partial charge in [-0.05, 0) is 69.7 Å². The Morgan fingerprint density at radius 3 is 2.50 bits per heavy atom. The lowest BCUT2D eigenvalue weighted by Gasteiger charge is -2.28. The number of nitrogens with one attached hydrogen (secondary N) is 1. The van der Waals surface area contributed by atoms with Gasteiger partial charge in [0.25, 0.3) is 5.91 Å². The molecule has 2 aromatic heterocycles. The minimum atomic E-state index is -4.67. The summed E-state index contributed by atoms with van der Waals surface area (Å²) in [5.41, 5.74) is -1.41. The Morgan fingerprint density at radius 1 is 1.18 bits per heavy atom. The van der Waals surface area contributed by atoms with Gasteiger partial charge >= 0.3 is 6.18 Å². The van der Waals surface area contributed by atoms with Crippen LogP contribution in [-0.2, 0) is 11.8 Å². The maximum Gasteiger partial charge on any atom is 0.433 e. The Morgan fingerprint density at radius 2 is 1.88 bits per heavy atom. The predicted molar refractivity (Wildman–Crippen MR) is 120 cm³/mol. The number of nitrogens with zero attached hydrogens (tertiary/aromatic N) is 3. The molecule has 0 unspecified atom stereocenters. The first-order chi connectivity index (χ1) is 16.0. The van der Waals surface area contributed by atoms with E-state index in [0.29, 0.717) is 11.5 Å². The molecule has 1 aliphatic rings. The second kappa shape index (κ2) is 8.99. The van der Waals surface area contributed by atoms with Gasteiger partial charge in [0.2, 0.25) is 0 Å². The first kappa shape index (κ1) is 24.2. The van der Waals surface area contributed by atoms with Gasteiger partial charge in [0.15, 0.2) is 0 Å². The zero-order chi connectivity index (χ0) is 24.7. The van der Waals surface area contributed by atoms with Crippen LogP contribution < -0.4 is 5.32 Å². The first-order valence-electron chi connectivity index (χ1n) is 11.2. The second-order valence-corrected chi connectivity index (χ2v) is 9.32. The van der Waals surface area contributed by atoms with Crippen molar-refractivity contribution in [2.75, 3.05) is 11.9 Å². The number of amides is 1. The average molecular weight is 476 g/mol. The molecule has 3 aromatic rings. The van der Waals surface area contributed by atoms with E-state index in [1.54, 1.807) is 32.2 Å². The Balaban J connectivity index is 1.67. The Labute approximate surface area is 194 Å². The third kappa shape index (κ3) is 4.92. The molecule has 1 aliphatic carbocycles. The van der Waals surface area contributed by atoms with Crippen molar-refractivity contribution in [2.24, 2.45) is 5.92 Å². The van der Waals surface area contributed by atoms with Crippen molar-refractivity contribution in [1.29, 1.82) is 0 Å². The summed E-state index contributed by atoms with van der Waals surface area (Å²) >= 11 is 0. The Hall–Kier alpha value is -2.98. The third-order valence-corrected chi connectivity index (χ3v) is 6.33. The molecule has 0 saturated heterocycles. The number of hydrogen-bond acceptors (Lipinski definition) is 5. The number of benzene rings is 1. The van der Waals surface area contributed by atoms with E-state index in [9.17, 15) is 28.2 Å². The normalized spacial score (nSPS) is 19.4. The predicted octanol–water partition coefficient (Wildman–Crippen LogP) is 4.65. The molecule has 2 heterocycles. The fraction of sp³-hybridized carbons (Fsp3) is 0.458. The van der Waals surface area contributed by atoms with Gasteiger partial charge in [0.1, 0.15) is 11.4 Å². The van der Waals surface area contributed by atoms with Crippen LogP contribution in [0.5, 0.6) is 0 Å². The van der Waals surface area contributed by atoms with Crippen molar-refractivity contribution < 1.29 is 28.2 Å². The van der Waals surface area contributed by atoms with Crippen molar-refractivity contribution in [1.82, 2.24) is 14.8 Å². The molecule has 0 bridgehead atoms. The standard InChI is InChI=1S/C24H27F3N4O3/c1-23(2,34)17-11-20-15(12-28-31(20)16-8-6-14(13-32)7-9-16)10-19(17)30-22(33)18-4-3-5-21(29-18)24(25,26)27/h3-5,10-12,14,16,32,34H,6-9,13H2,1-2H3,(H,30,33). The zero-order valence-corrected chi connectivity index (χ0v) is 18.9. The molecule has 3 N–H and O–H groups in total. The topological polar surface area (TPSA) is 100 Å². The van der Waals surface area contributed by atoms with E-state index in [2.05, 4.69) is 15.4 Å². The van der Waals surface area contributed by atoms with Gasteiger partial charge in [-0.3, -0.25) is 9.48 Å². The molecule has 1 saturated carbocycles. The maximum absolute atomic E-state index is 13.0. The molecule has 7 nitrogen and oxygen atoms in total. The highest BCUT2D eigenvalue weighted by Gasteiger charge is 2.33. The summed E-state index contributed by atoms with van der Waals surface area (Å²) in [4.78, 5) is 16.2. The number of anilines is 1. The van der Waals surface area contributed by atoms with Gasteiger partial charge in [0, 0.05) is 23.2 Å². The Bertz CT molecular complexity index is 1190. The smallest absolute Gasteiger partial charge is 0.396 e. The van der Waals surface area contributed by atoms with Gasteiger partial charge in [0.05, 0.1) is 23.4 Å². The monoisotopic (exact) mass is 476 g/mol. The molecule has 34 heavy (non-hydrogen) atoms. The highest BCUT2D eigenvalue weighted by molar-refractivity contribution is 6.04. The van der Waals surface area contributed by atoms with E-state index >= 15 is 0 Å². The summed E-state index contributed by atoms with van der Waals surface area (Å²) in [5.74, 6) is -0.512. The number of hydrogen-bond donors (Lipinski definition) is 3. The highest BCUT2D eigenvalue weighted by Crippen LogP contribution is 2.37. The molecular weight excluding hydrogens is 449 g/mol. The number of aliphatic hydroxyl groups is 2. The molecule has 1 amide bonds. The lowest BCUT2D eigenvalue weighted by molar-refractivity contribution is -0.141. The van der Waals surface area contributed by atoms with E-state index in [1.807, 2.05) is 4.68 Å². The summed E-state index contributed by atoms with van der Waals surface area (Å²) in [6, 6.07) is 6.71. The zero-order valence-electron chi connectivity index (χ0n) is 18.9. The van der Waals surface area contributed by atoms with Crippen molar-refractivity contribution in [2.45, 2.75) is 57.3 Å². The van der Waals surface area contributed by atoms with Crippen LogP contribution in [0.4, 0.5) is 18.9 Å². The number of carbonyl (C=O) groups excluding carboxylic acids is 1. The summed E-state index contributed by atoms with van der Waals surface area (Å²) < 4.78 is 40.9. The molecule has 0 radical (unpaired) electrons. The molecule has 10 heteroatoms. The number of pyridine rings is 1. The van der Waals surface area contributed by atoms with Crippen LogP contribution in [0.2, 0.25) is 0 Å². The summed E-state index contributed by atoms with van der Waals surface area (Å²) in [6.07, 6.45) is 0.551. The summed E-state index contributed by atoms with van der Waals surface area (Å²) in [6.45, 7) is 3.32. The number of rotatable bonds is 5. The Kier molecular flexibility index (Phi) is 6.39. The molecule has 182 valence electrons. The number of halogens is 3. The van der Waals surface area contributed by atoms with Crippen LogP contribution >= 0.6 is 0 Å². The second-order valence-electron chi connectivity index (χ2n) is 9.32. The van der Waals surface area contributed by atoms with Crippen LogP contribution in [0.15, 0.2) is 36.5 Å². The van der Waals surface area contributed by atoms with Crippen LogP contribution in [0.3, 0.4) is 0 Å². The number of aliphatic hydroxyl groups excluding tert-OH is 1. The van der Waals surface area contributed by atoms with Crippen molar-refractivity contribution >= 4 is 22.5 Å². The van der Waals surface area contributed by atoms with Gasteiger partial charge in [-0.2, -0.15) is 18.3 Å². The van der Waals surface area contributed by atoms with E-state index in [1.165, 1.54) is 6.07 Å². The van der Waals surface area contributed by atoms with Crippen LogP contribution in [0, 0.1) is 5.92 Å². The van der Waals surface area contributed by atoms with Gasteiger partial charge in [-0.15, -0.1) is 0 Å². The fourth-order valence-corrected chi connectivity index (χ4v) is 4.47. The molecule has 4 rings (SSSR count). The SMILES string of the molecule is CC(C)(O)c1cc2c(cnn2C2CCC(CO)CC2)cc1NC(=O)c1cccc(C(F)(F)F)n1. The van der Waals surface area contributed by atoms with E-state index in [-0.39, 0.29) is 24.0 Å². The number of alkyl halides is 3. The molecule has 0 aliphatic heterocycles. The van der Waals surface area contributed by atoms with Crippen molar-refractivity contribution in [3.8, 4) is 0 Å². The first-order valence-corrected chi connectivity index (χ1v) is 11.2. The van der Waals surface area contributed by atoms with E-state index < -0.39 is 23.4 Å². The largest absolute Gasteiger partial charge is 0.433 e. The summed E-state index contributed by atoms with van der Waals surface area (Å²) in [5, 5.41) is 28.1. The fourth-order valence-electron chi connectivity index (χ4n) is 4.47. The number of carbonyl (C=O) groups is 1. The third-order valence-electron chi connectivity index (χ3n) is 6.33. The molecule has 0 atom stereocenters. The number of fused-ring (bicyclic) bond motifs is 1. The number of aromatic nitrogens is 3. The minimum absolute atomic E-state index is 0.157. The highest BCUT2D eigenvalue weighted by atomic mass is 19.4. The maximum atomic E-state index is 13.0. The quantitative estimate of drug-likeness (QED) is 0.498. The van der Waals surface area contributed by atoms with Gasteiger partial charge < -0.3 is 15.5 Å². The minimum Gasteiger partial charge on any atom is -0.396 e. The van der Waals surface area contributed by atoms with Crippen molar-refractivity contribution in [3.05, 3.63) is 53.5 Å². The van der Waals surface area contributed by atoms with Crippen LogP contribution in [-0.4, -0.2) is 37.5 Å². The van der Waals surface area contributed by atoms with Crippen LogP contribution in [0.1, 0.15) is 67.3 Å². The van der Waals surface area contributed by atoms with Crippen molar-refractivity contribution in [3.63, 3.8) is 0 Å².